The first-order chi connectivity index (χ1) is 16.5. The summed E-state index contributed by atoms with van der Waals surface area (Å²) in [4.78, 5) is 35.9. The fraction of sp³-hybridized carbons (Fsp3) is 0.160. The summed E-state index contributed by atoms with van der Waals surface area (Å²) in [5, 5.41) is 7.69. The van der Waals surface area contributed by atoms with Gasteiger partial charge in [0, 0.05) is 12.4 Å². The van der Waals surface area contributed by atoms with E-state index in [0.717, 1.165) is 5.56 Å². The Labute approximate surface area is 194 Å². The highest BCUT2D eigenvalue weighted by atomic mass is 16.2. The van der Waals surface area contributed by atoms with Gasteiger partial charge in [0.25, 0.3) is 11.5 Å². The lowest BCUT2D eigenvalue weighted by Gasteiger charge is -2.20. The number of fused-ring (bicyclic) bond motifs is 2. The molecule has 2 aromatic carbocycles. The number of para-hydroxylation sites is 1. The zero-order valence-electron chi connectivity index (χ0n) is 18.8. The summed E-state index contributed by atoms with van der Waals surface area (Å²) in [6, 6.07) is 14.3. The Kier molecular flexibility index (Phi) is 5.29. The second-order valence-electron chi connectivity index (χ2n) is 7.97. The van der Waals surface area contributed by atoms with Crippen LogP contribution >= 0.6 is 0 Å². The number of aryl methyl sites for hydroxylation is 1. The summed E-state index contributed by atoms with van der Waals surface area (Å²) in [5.41, 5.74) is 8.75. The van der Waals surface area contributed by atoms with Crippen LogP contribution in [0.4, 0.5) is 5.82 Å². The normalized spacial score (nSPS) is 12.2. The van der Waals surface area contributed by atoms with E-state index < -0.39 is 11.9 Å². The Morgan fingerprint density at radius 3 is 2.71 bits per heavy atom. The van der Waals surface area contributed by atoms with Crippen LogP contribution < -0.4 is 16.6 Å². The molecule has 170 valence electrons. The van der Waals surface area contributed by atoms with E-state index in [4.69, 9.17) is 10.7 Å². The monoisotopic (exact) mass is 453 g/mol. The van der Waals surface area contributed by atoms with E-state index in [1.54, 1.807) is 23.9 Å². The van der Waals surface area contributed by atoms with E-state index in [9.17, 15) is 9.59 Å². The average molecular weight is 454 g/mol. The zero-order valence-corrected chi connectivity index (χ0v) is 18.8. The minimum absolute atomic E-state index is 0.0946. The summed E-state index contributed by atoms with van der Waals surface area (Å²) in [6.45, 7) is 3.79. The lowest BCUT2D eigenvalue weighted by atomic mass is 10.1. The quantitative estimate of drug-likeness (QED) is 0.422. The van der Waals surface area contributed by atoms with Crippen molar-refractivity contribution in [2.24, 2.45) is 0 Å². The SMILES string of the molecule is CCc1cccc2nc([C@H](C)NC(=O)c3c(N)nn4ccncc34)n(-c3ccccc3)c(=O)c12. The first-order valence-corrected chi connectivity index (χ1v) is 11.0. The molecule has 9 heteroatoms. The number of hydrogen-bond donors (Lipinski definition) is 2. The second-order valence-corrected chi connectivity index (χ2v) is 7.97. The van der Waals surface area contributed by atoms with Gasteiger partial charge >= 0.3 is 0 Å². The third kappa shape index (κ3) is 3.47. The Balaban J connectivity index is 1.64. The Bertz CT molecular complexity index is 1590. The van der Waals surface area contributed by atoms with Gasteiger partial charge in [-0.1, -0.05) is 37.3 Å². The summed E-state index contributed by atoms with van der Waals surface area (Å²) in [6.07, 6.45) is 5.42. The molecular formula is C25H23N7O2. The summed E-state index contributed by atoms with van der Waals surface area (Å²) in [5.74, 6) is 0.0833. The van der Waals surface area contributed by atoms with Gasteiger partial charge in [-0.25, -0.2) is 9.50 Å². The molecule has 0 unspecified atom stereocenters. The second kappa shape index (κ2) is 8.43. The number of nitrogens with two attached hydrogens (primary N) is 1. The largest absolute Gasteiger partial charge is 0.382 e. The van der Waals surface area contributed by atoms with Crippen molar-refractivity contribution >= 4 is 28.1 Å². The zero-order chi connectivity index (χ0) is 23.8. The van der Waals surface area contributed by atoms with Crippen molar-refractivity contribution in [1.29, 1.82) is 0 Å². The highest BCUT2D eigenvalue weighted by Crippen LogP contribution is 2.22. The molecule has 0 saturated heterocycles. The molecule has 0 fully saturated rings. The van der Waals surface area contributed by atoms with Gasteiger partial charge in [0.1, 0.15) is 11.4 Å². The number of benzene rings is 2. The van der Waals surface area contributed by atoms with Gasteiger partial charge in [-0.2, -0.15) is 0 Å². The smallest absolute Gasteiger partial charge is 0.266 e. The van der Waals surface area contributed by atoms with E-state index >= 15 is 0 Å². The summed E-state index contributed by atoms with van der Waals surface area (Å²) in [7, 11) is 0. The molecule has 34 heavy (non-hydrogen) atoms. The number of anilines is 1. The Hall–Kier alpha value is -4.53. The first-order valence-electron chi connectivity index (χ1n) is 11.0. The first kappa shape index (κ1) is 21.3. The van der Waals surface area contributed by atoms with Crippen molar-refractivity contribution in [2.45, 2.75) is 26.3 Å². The standard InChI is InChI=1S/C25H23N7O2/c1-3-16-8-7-11-18-20(16)25(34)32(17-9-5-4-6-10-17)23(29-18)15(2)28-24(33)21-19-14-27-12-13-31(19)30-22(21)26/h4-15H,3H2,1-2H3,(H2,26,30)(H,28,33)/t15-/m0/s1. The minimum Gasteiger partial charge on any atom is -0.382 e. The highest BCUT2D eigenvalue weighted by Gasteiger charge is 2.24. The van der Waals surface area contributed by atoms with E-state index in [0.29, 0.717) is 34.4 Å². The topological polar surface area (TPSA) is 120 Å². The number of carbonyl (C=O) groups excluding carboxylic acids is 1. The molecule has 0 spiro atoms. The van der Waals surface area contributed by atoms with E-state index in [2.05, 4.69) is 15.4 Å². The predicted molar refractivity (Wildman–Crippen MR) is 130 cm³/mol. The highest BCUT2D eigenvalue weighted by molar-refractivity contribution is 6.05. The molecule has 5 rings (SSSR count). The fourth-order valence-corrected chi connectivity index (χ4v) is 4.21. The molecule has 3 N–H and O–H groups in total. The maximum atomic E-state index is 13.7. The maximum Gasteiger partial charge on any atom is 0.266 e. The van der Waals surface area contributed by atoms with Crippen molar-refractivity contribution in [1.82, 2.24) is 29.5 Å². The van der Waals surface area contributed by atoms with Gasteiger partial charge in [-0.15, -0.1) is 5.10 Å². The molecular weight excluding hydrogens is 430 g/mol. The third-order valence-electron chi connectivity index (χ3n) is 5.83. The molecule has 1 amide bonds. The van der Waals surface area contributed by atoms with Crippen LogP contribution in [0.15, 0.2) is 71.9 Å². The number of nitrogen functional groups attached to an aromatic ring is 1. The Morgan fingerprint density at radius 2 is 1.94 bits per heavy atom. The van der Waals surface area contributed by atoms with Crippen LogP contribution in [-0.4, -0.2) is 30.1 Å². The molecule has 1 atom stereocenters. The lowest BCUT2D eigenvalue weighted by Crippen LogP contribution is -2.33. The van der Waals surface area contributed by atoms with Crippen molar-refractivity contribution in [3.8, 4) is 5.69 Å². The van der Waals surface area contributed by atoms with Crippen molar-refractivity contribution in [3.63, 3.8) is 0 Å². The van der Waals surface area contributed by atoms with E-state index in [-0.39, 0.29) is 16.9 Å². The molecule has 3 aromatic heterocycles. The van der Waals surface area contributed by atoms with Crippen molar-refractivity contribution in [2.75, 3.05) is 5.73 Å². The van der Waals surface area contributed by atoms with Crippen molar-refractivity contribution < 1.29 is 4.79 Å². The summed E-state index contributed by atoms with van der Waals surface area (Å²) >= 11 is 0. The van der Waals surface area contributed by atoms with Gasteiger partial charge in [-0.05, 0) is 37.1 Å². The van der Waals surface area contributed by atoms with Crippen LogP contribution in [0.3, 0.4) is 0 Å². The lowest BCUT2D eigenvalue weighted by molar-refractivity contribution is 0.0940. The van der Waals surface area contributed by atoms with Gasteiger partial charge in [0.2, 0.25) is 0 Å². The molecule has 0 radical (unpaired) electrons. The van der Waals surface area contributed by atoms with E-state index in [1.165, 1.54) is 10.7 Å². The molecule has 0 aliphatic heterocycles. The Morgan fingerprint density at radius 1 is 1.15 bits per heavy atom. The molecule has 0 bridgehead atoms. The van der Waals surface area contributed by atoms with Crippen LogP contribution in [-0.2, 0) is 6.42 Å². The van der Waals surface area contributed by atoms with Gasteiger partial charge in [0.15, 0.2) is 5.82 Å². The number of carbonyl (C=O) groups is 1. The van der Waals surface area contributed by atoms with Crippen LogP contribution in [0, 0.1) is 0 Å². The predicted octanol–water partition coefficient (Wildman–Crippen LogP) is 3.06. The summed E-state index contributed by atoms with van der Waals surface area (Å²) < 4.78 is 3.07. The molecule has 9 nitrogen and oxygen atoms in total. The van der Waals surface area contributed by atoms with Crippen molar-refractivity contribution in [3.05, 3.63) is 94.4 Å². The fourth-order valence-electron chi connectivity index (χ4n) is 4.21. The van der Waals surface area contributed by atoms with Crippen LogP contribution in [0.5, 0.6) is 0 Å². The van der Waals surface area contributed by atoms with Gasteiger partial charge in [0.05, 0.1) is 34.3 Å². The average Bonchev–Trinajstić information content (AvgIpc) is 3.19. The number of aromatic nitrogens is 5. The van der Waals surface area contributed by atoms with Crippen LogP contribution in [0.2, 0.25) is 0 Å². The number of hydrogen-bond acceptors (Lipinski definition) is 6. The number of amides is 1. The van der Waals surface area contributed by atoms with E-state index in [1.807, 2.05) is 55.5 Å². The number of nitrogens with one attached hydrogen (secondary N) is 1. The van der Waals surface area contributed by atoms with Gasteiger partial charge in [-0.3, -0.25) is 19.1 Å². The van der Waals surface area contributed by atoms with Crippen LogP contribution in [0.25, 0.3) is 22.1 Å². The molecule has 0 aliphatic rings. The number of rotatable bonds is 5. The third-order valence-corrected chi connectivity index (χ3v) is 5.83. The number of nitrogens with zero attached hydrogens (tertiary/aromatic N) is 5. The van der Waals surface area contributed by atoms with Gasteiger partial charge < -0.3 is 11.1 Å². The molecule has 3 heterocycles. The molecule has 0 saturated carbocycles. The maximum absolute atomic E-state index is 13.7. The minimum atomic E-state index is -0.610. The molecule has 0 aliphatic carbocycles. The van der Waals surface area contributed by atoms with Crippen LogP contribution in [0.1, 0.15) is 41.6 Å². The molecule has 5 aromatic rings.